The molecule has 1 unspecified atom stereocenters. The highest BCUT2D eigenvalue weighted by Crippen LogP contribution is 2.51. The van der Waals surface area contributed by atoms with E-state index in [0.29, 0.717) is 5.92 Å². The first-order valence-corrected chi connectivity index (χ1v) is 19.3. The number of aromatic nitrogens is 1. The molecule has 2 nitrogen and oxygen atoms in total. The minimum absolute atomic E-state index is 0.135. The largest absolute Gasteiger partial charge is 0.311 e. The van der Waals surface area contributed by atoms with Gasteiger partial charge in [0.2, 0.25) is 0 Å². The van der Waals surface area contributed by atoms with Crippen LogP contribution < -0.4 is 15.3 Å². The monoisotopic (exact) mass is 686 g/mol. The fraction of sp³-hybridized carbons (Fsp3) is 0.176. The highest BCUT2D eigenvalue weighted by atomic mass is 15.1. The van der Waals surface area contributed by atoms with Gasteiger partial charge >= 0.3 is 0 Å². The van der Waals surface area contributed by atoms with Crippen molar-refractivity contribution in [1.29, 1.82) is 0 Å². The zero-order valence-corrected chi connectivity index (χ0v) is 31.6. The van der Waals surface area contributed by atoms with E-state index in [-0.39, 0.29) is 5.41 Å². The van der Waals surface area contributed by atoms with Gasteiger partial charge in [0.25, 0.3) is 0 Å². The van der Waals surface area contributed by atoms with Gasteiger partial charge < -0.3 is 9.47 Å². The van der Waals surface area contributed by atoms with E-state index in [4.69, 9.17) is 0 Å². The number of hydrogen-bond acceptors (Lipinski definition) is 1. The number of fused-ring (bicyclic) bond motifs is 11. The van der Waals surface area contributed by atoms with Crippen LogP contribution in [0.4, 0.5) is 11.4 Å². The van der Waals surface area contributed by atoms with Gasteiger partial charge in [-0.15, -0.1) is 0 Å². The summed E-state index contributed by atoms with van der Waals surface area (Å²) in [6.45, 7) is 13.0. The number of benzene rings is 6. The van der Waals surface area contributed by atoms with Gasteiger partial charge in [-0.05, 0) is 107 Å². The molecule has 0 saturated carbocycles. The first-order chi connectivity index (χ1) is 26.0. The van der Waals surface area contributed by atoms with Gasteiger partial charge in [0.1, 0.15) is 0 Å². The van der Waals surface area contributed by atoms with E-state index in [2.05, 4.69) is 189 Å². The molecule has 0 amide bonds. The number of para-hydroxylation sites is 3. The van der Waals surface area contributed by atoms with Gasteiger partial charge in [-0.1, -0.05) is 137 Å². The van der Waals surface area contributed by atoms with Gasteiger partial charge in [0, 0.05) is 50.1 Å². The topological polar surface area (TPSA) is 8.17 Å². The van der Waals surface area contributed by atoms with Crippen LogP contribution in [0.25, 0.3) is 55.8 Å². The fourth-order valence-electron chi connectivity index (χ4n) is 9.51. The van der Waals surface area contributed by atoms with E-state index < -0.39 is 0 Å². The van der Waals surface area contributed by atoms with E-state index in [9.17, 15) is 0 Å². The van der Waals surface area contributed by atoms with Crippen molar-refractivity contribution in [3.05, 3.63) is 178 Å². The first kappa shape index (κ1) is 33.0. The predicted molar refractivity (Wildman–Crippen MR) is 227 cm³/mol. The van der Waals surface area contributed by atoms with Gasteiger partial charge in [0.05, 0.1) is 11.0 Å². The molecule has 1 aromatic heterocycles. The third-order valence-electron chi connectivity index (χ3n) is 11.7. The highest BCUT2D eigenvalue weighted by molar-refractivity contribution is 6.13. The molecular weight excluding hydrogens is 641 g/mol. The lowest BCUT2D eigenvalue weighted by molar-refractivity contribution is 0.652. The van der Waals surface area contributed by atoms with Crippen molar-refractivity contribution in [1.82, 2.24) is 4.57 Å². The summed E-state index contributed by atoms with van der Waals surface area (Å²) in [6, 6.07) is 47.5. The average molecular weight is 687 g/mol. The van der Waals surface area contributed by atoms with Crippen molar-refractivity contribution in [2.45, 2.75) is 59.3 Å². The van der Waals surface area contributed by atoms with Crippen LogP contribution in [0, 0.1) is 0 Å². The minimum atomic E-state index is -0.135. The van der Waals surface area contributed by atoms with Crippen molar-refractivity contribution in [3.63, 3.8) is 0 Å². The van der Waals surface area contributed by atoms with Crippen LogP contribution >= 0.6 is 0 Å². The Morgan fingerprint density at radius 2 is 1.43 bits per heavy atom. The summed E-state index contributed by atoms with van der Waals surface area (Å²) in [4.78, 5) is 2.32. The fourth-order valence-corrected chi connectivity index (χ4v) is 9.51. The SMILES string of the molecule is C/C=C\C(=C/C)N(c1ccccc1)c1ccc(-c2ccc3c(c2)-c2ccc4c(c2C3(C)C)=C2C(CC=4)c3cccc4c5ccccc5n2c34)cc1.CC. The minimum Gasteiger partial charge on any atom is -0.311 e. The Morgan fingerprint density at radius 3 is 2.21 bits per heavy atom. The van der Waals surface area contributed by atoms with Crippen molar-refractivity contribution in [2.75, 3.05) is 4.90 Å². The third-order valence-corrected chi connectivity index (χ3v) is 11.7. The third kappa shape index (κ3) is 4.78. The predicted octanol–water partition coefficient (Wildman–Crippen LogP) is 12.3. The van der Waals surface area contributed by atoms with Crippen LogP contribution in [-0.2, 0) is 5.41 Å². The Labute approximate surface area is 313 Å². The molecule has 0 bridgehead atoms. The van der Waals surface area contributed by atoms with Crippen molar-refractivity contribution in [3.8, 4) is 22.3 Å². The molecule has 0 N–H and O–H groups in total. The summed E-state index contributed by atoms with van der Waals surface area (Å²) in [6.07, 6.45) is 9.98. The molecular formula is C51H46N2. The van der Waals surface area contributed by atoms with Crippen LogP contribution in [0.1, 0.15) is 70.6 Å². The van der Waals surface area contributed by atoms with Crippen molar-refractivity contribution in [2.24, 2.45) is 0 Å². The molecule has 2 heterocycles. The van der Waals surface area contributed by atoms with E-state index in [0.717, 1.165) is 23.5 Å². The highest BCUT2D eigenvalue weighted by Gasteiger charge is 2.40. The summed E-state index contributed by atoms with van der Waals surface area (Å²) in [5.74, 6) is 0.368. The Kier molecular flexibility index (Phi) is 7.89. The van der Waals surface area contributed by atoms with Crippen LogP contribution in [0.3, 0.4) is 0 Å². The first-order valence-electron chi connectivity index (χ1n) is 19.3. The number of rotatable bonds is 5. The van der Waals surface area contributed by atoms with Crippen LogP contribution in [0.15, 0.2) is 151 Å². The Balaban J connectivity index is 0.00000183. The maximum absolute atomic E-state index is 2.62. The lowest BCUT2D eigenvalue weighted by Gasteiger charge is -2.26. The lowest BCUT2D eigenvalue weighted by Crippen LogP contribution is -2.40. The summed E-state index contributed by atoms with van der Waals surface area (Å²) < 4.78 is 2.62. The molecule has 0 fully saturated rings. The smallest absolute Gasteiger partial charge is 0.0577 e. The summed E-state index contributed by atoms with van der Waals surface area (Å²) in [5, 5.41) is 5.53. The Bertz CT molecular complexity index is 2750. The molecule has 2 aliphatic carbocycles. The molecule has 0 spiro atoms. The number of nitrogens with zero attached hydrogens (tertiary/aromatic N) is 2. The standard InChI is InChI=1S/C49H40N2.C2H6/c1-5-13-34(6-2)50(35-14-8-7-9-15-35)36-25-20-31(21-26-36)33-24-29-43-42(30-33)38-27-22-32-23-28-41-40-18-12-17-39-37-16-10-11-19-44(37)51(47(39)40)48(41)45(32)46(38)49(43,3)4;1-2/h5-27,29-30,41H,28H2,1-4H3;1-2H3/b13-5-,34-6+;. The molecule has 0 saturated heterocycles. The lowest BCUT2D eigenvalue weighted by atomic mass is 9.78. The normalized spacial score (nSPS) is 16.2. The number of allylic oxidation sites excluding steroid dienone is 3. The molecule has 7 aromatic rings. The molecule has 53 heavy (non-hydrogen) atoms. The van der Waals surface area contributed by atoms with Crippen LogP contribution in [0.5, 0.6) is 0 Å². The average Bonchev–Trinajstić information content (AvgIpc) is 3.81. The molecule has 260 valence electrons. The quantitative estimate of drug-likeness (QED) is 0.164. The molecule has 1 aliphatic heterocycles. The van der Waals surface area contributed by atoms with E-state index in [1.807, 2.05) is 13.8 Å². The second-order valence-corrected chi connectivity index (χ2v) is 14.7. The van der Waals surface area contributed by atoms with Gasteiger partial charge in [-0.3, -0.25) is 0 Å². The molecule has 2 heteroatoms. The summed E-state index contributed by atoms with van der Waals surface area (Å²) in [5.41, 5.74) is 17.0. The molecule has 3 aliphatic rings. The van der Waals surface area contributed by atoms with Gasteiger partial charge in [-0.2, -0.15) is 0 Å². The van der Waals surface area contributed by atoms with Crippen LogP contribution in [0.2, 0.25) is 0 Å². The molecule has 1 atom stereocenters. The Hall–Kier alpha value is -5.86. The maximum Gasteiger partial charge on any atom is 0.0577 e. The Morgan fingerprint density at radius 1 is 0.717 bits per heavy atom. The zero-order chi connectivity index (χ0) is 36.4. The summed E-state index contributed by atoms with van der Waals surface area (Å²) in [7, 11) is 0. The van der Waals surface area contributed by atoms with Gasteiger partial charge in [-0.25, -0.2) is 0 Å². The molecule has 10 rings (SSSR count). The van der Waals surface area contributed by atoms with E-state index in [1.54, 1.807) is 0 Å². The van der Waals surface area contributed by atoms with Crippen molar-refractivity contribution < 1.29 is 0 Å². The van der Waals surface area contributed by atoms with Crippen LogP contribution in [-0.4, -0.2) is 4.57 Å². The van der Waals surface area contributed by atoms with E-state index >= 15 is 0 Å². The summed E-state index contributed by atoms with van der Waals surface area (Å²) >= 11 is 0. The molecule has 6 aromatic carbocycles. The molecule has 0 radical (unpaired) electrons. The van der Waals surface area contributed by atoms with E-state index in [1.165, 1.54) is 76.9 Å². The zero-order valence-electron chi connectivity index (χ0n) is 31.6. The van der Waals surface area contributed by atoms with Crippen molar-refractivity contribution >= 4 is 45.0 Å². The number of hydrogen-bond donors (Lipinski definition) is 0. The number of anilines is 2. The maximum atomic E-state index is 2.62. The van der Waals surface area contributed by atoms with Gasteiger partial charge in [0.15, 0.2) is 0 Å². The second-order valence-electron chi connectivity index (χ2n) is 14.7. The second kappa shape index (κ2) is 12.7.